The lowest BCUT2D eigenvalue weighted by atomic mass is 10.2. The molecule has 2 N–H and O–H groups in total. The van der Waals surface area contributed by atoms with E-state index in [9.17, 15) is 0 Å². The fraction of sp³-hybridized carbons (Fsp3) is 0.400. The number of hydrogen-bond acceptors (Lipinski definition) is 1. The van der Waals surface area contributed by atoms with Crippen LogP contribution in [0.3, 0.4) is 0 Å². The molecule has 5 heteroatoms. The zero-order valence-corrected chi connectivity index (χ0v) is 15.5. The summed E-state index contributed by atoms with van der Waals surface area (Å²) >= 11 is 3.44. The van der Waals surface area contributed by atoms with Crippen LogP contribution in [0.5, 0.6) is 0 Å². The monoisotopic (exact) mass is 449 g/mol. The average Bonchev–Trinajstić information content (AvgIpc) is 2.91. The summed E-state index contributed by atoms with van der Waals surface area (Å²) in [4.78, 5) is 4.63. The number of rotatable bonds is 4. The lowest BCUT2D eigenvalue weighted by molar-refractivity contribution is 0.633. The Morgan fingerprint density at radius 1 is 1.25 bits per heavy atom. The molecule has 0 saturated carbocycles. The van der Waals surface area contributed by atoms with E-state index in [1.54, 1.807) is 0 Å². The highest BCUT2D eigenvalue weighted by Gasteiger charge is 2.11. The molecule has 0 saturated heterocycles. The molecule has 1 aromatic rings. The molecule has 1 aromatic carbocycles. The molecule has 0 spiro atoms. The van der Waals surface area contributed by atoms with Crippen molar-refractivity contribution in [1.29, 1.82) is 0 Å². The second-order valence-corrected chi connectivity index (χ2v) is 5.52. The van der Waals surface area contributed by atoms with Gasteiger partial charge in [0.2, 0.25) is 0 Å². The first-order valence-electron chi connectivity index (χ1n) is 6.72. The van der Waals surface area contributed by atoms with E-state index in [2.05, 4.69) is 62.8 Å². The summed E-state index contributed by atoms with van der Waals surface area (Å²) in [6, 6.07) is 8.77. The Labute approximate surface area is 146 Å². The summed E-state index contributed by atoms with van der Waals surface area (Å²) in [5, 5.41) is 6.76. The van der Waals surface area contributed by atoms with Crippen molar-refractivity contribution in [2.75, 3.05) is 6.54 Å². The van der Waals surface area contributed by atoms with Gasteiger partial charge in [0.05, 0.1) is 6.54 Å². The Morgan fingerprint density at radius 2 is 1.90 bits per heavy atom. The SMILES string of the molecule is CCNC(=NCc1ccc(Br)cc1)NC1CC=CC1.I. The molecule has 3 nitrogen and oxygen atoms in total. The van der Waals surface area contributed by atoms with Crippen LogP contribution < -0.4 is 10.6 Å². The molecule has 0 fully saturated rings. The first-order valence-corrected chi connectivity index (χ1v) is 7.51. The minimum absolute atomic E-state index is 0. The van der Waals surface area contributed by atoms with Gasteiger partial charge in [-0.3, -0.25) is 0 Å². The molecule has 2 rings (SSSR count). The van der Waals surface area contributed by atoms with E-state index >= 15 is 0 Å². The van der Waals surface area contributed by atoms with E-state index in [1.165, 1.54) is 5.56 Å². The summed E-state index contributed by atoms with van der Waals surface area (Å²) in [6.45, 7) is 3.67. The van der Waals surface area contributed by atoms with Crippen molar-refractivity contribution < 1.29 is 0 Å². The fourth-order valence-electron chi connectivity index (χ4n) is 2.01. The average molecular weight is 450 g/mol. The van der Waals surface area contributed by atoms with E-state index in [4.69, 9.17) is 0 Å². The summed E-state index contributed by atoms with van der Waals surface area (Å²) in [7, 11) is 0. The molecule has 0 heterocycles. The number of halogens is 2. The molecule has 0 atom stereocenters. The number of guanidine groups is 1. The zero-order valence-electron chi connectivity index (χ0n) is 11.6. The van der Waals surface area contributed by atoms with Crippen LogP contribution in [0, 0.1) is 0 Å². The van der Waals surface area contributed by atoms with E-state index < -0.39 is 0 Å². The number of nitrogens with one attached hydrogen (secondary N) is 2. The largest absolute Gasteiger partial charge is 0.357 e. The second-order valence-electron chi connectivity index (χ2n) is 4.61. The topological polar surface area (TPSA) is 36.4 Å². The van der Waals surface area contributed by atoms with Crippen LogP contribution in [-0.4, -0.2) is 18.5 Å². The molecule has 0 unspecified atom stereocenters. The Morgan fingerprint density at radius 3 is 2.50 bits per heavy atom. The molecule has 0 aromatic heterocycles. The summed E-state index contributed by atoms with van der Waals surface area (Å²) in [6.07, 6.45) is 6.61. The van der Waals surface area contributed by atoms with Crippen molar-refractivity contribution in [2.24, 2.45) is 4.99 Å². The molecular weight excluding hydrogens is 429 g/mol. The van der Waals surface area contributed by atoms with Gasteiger partial charge < -0.3 is 10.6 Å². The summed E-state index contributed by atoms with van der Waals surface area (Å²) < 4.78 is 1.10. The summed E-state index contributed by atoms with van der Waals surface area (Å²) in [5.41, 5.74) is 1.21. The molecule has 1 aliphatic rings. The number of benzene rings is 1. The Kier molecular flexibility index (Phi) is 8.21. The number of hydrogen-bond donors (Lipinski definition) is 2. The molecule has 0 bridgehead atoms. The summed E-state index contributed by atoms with van der Waals surface area (Å²) in [5.74, 6) is 0.902. The minimum Gasteiger partial charge on any atom is -0.357 e. The lowest BCUT2D eigenvalue weighted by Gasteiger charge is -2.16. The van der Waals surface area contributed by atoms with Crippen LogP contribution in [0.25, 0.3) is 0 Å². The fourth-order valence-corrected chi connectivity index (χ4v) is 2.27. The van der Waals surface area contributed by atoms with Gasteiger partial charge in [0.25, 0.3) is 0 Å². The van der Waals surface area contributed by atoms with Crippen LogP contribution in [0.15, 0.2) is 45.9 Å². The second kappa shape index (κ2) is 9.39. The van der Waals surface area contributed by atoms with Gasteiger partial charge in [0.15, 0.2) is 5.96 Å². The molecule has 1 aliphatic carbocycles. The van der Waals surface area contributed by atoms with E-state index in [1.807, 2.05) is 12.1 Å². The predicted octanol–water partition coefficient (Wildman–Crippen LogP) is 3.84. The van der Waals surface area contributed by atoms with Crippen LogP contribution in [0.1, 0.15) is 25.3 Å². The maximum atomic E-state index is 4.63. The first kappa shape index (κ1) is 17.5. The van der Waals surface area contributed by atoms with E-state index in [-0.39, 0.29) is 24.0 Å². The van der Waals surface area contributed by atoms with Gasteiger partial charge in [-0.15, -0.1) is 24.0 Å². The maximum Gasteiger partial charge on any atom is 0.191 e. The van der Waals surface area contributed by atoms with Crippen molar-refractivity contribution >= 4 is 45.9 Å². The third-order valence-electron chi connectivity index (χ3n) is 3.03. The number of aliphatic imine (C=N–C) groups is 1. The highest BCUT2D eigenvalue weighted by Crippen LogP contribution is 2.11. The first-order chi connectivity index (χ1) is 9.28. The Balaban J connectivity index is 0.00000200. The molecule has 0 radical (unpaired) electrons. The van der Waals surface area contributed by atoms with Crippen LogP contribution in [0.2, 0.25) is 0 Å². The van der Waals surface area contributed by atoms with Crippen molar-refractivity contribution in [3.63, 3.8) is 0 Å². The molecule has 20 heavy (non-hydrogen) atoms. The molecular formula is C15H21BrIN3. The van der Waals surface area contributed by atoms with Crippen LogP contribution in [-0.2, 0) is 6.54 Å². The van der Waals surface area contributed by atoms with Crippen LogP contribution >= 0.6 is 39.9 Å². The van der Waals surface area contributed by atoms with E-state index in [0.29, 0.717) is 12.6 Å². The van der Waals surface area contributed by atoms with Gasteiger partial charge in [-0.25, -0.2) is 4.99 Å². The zero-order chi connectivity index (χ0) is 13.5. The minimum atomic E-state index is 0. The van der Waals surface area contributed by atoms with E-state index in [0.717, 1.165) is 29.8 Å². The van der Waals surface area contributed by atoms with Gasteiger partial charge in [-0.2, -0.15) is 0 Å². The maximum absolute atomic E-state index is 4.63. The van der Waals surface area contributed by atoms with Gasteiger partial charge in [-0.05, 0) is 37.5 Å². The predicted molar refractivity (Wildman–Crippen MR) is 99.7 cm³/mol. The molecule has 0 amide bonds. The smallest absolute Gasteiger partial charge is 0.191 e. The van der Waals surface area contributed by atoms with Gasteiger partial charge in [0.1, 0.15) is 0 Å². The van der Waals surface area contributed by atoms with Gasteiger partial charge >= 0.3 is 0 Å². The highest BCUT2D eigenvalue weighted by atomic mass is 127. The van der Waals surface area contributed by atoms with Crippen molar-refractivity contribution in [1.82, 2.24) is 10.6 Å². The quantitative estimate of drug-likeness (QED) is 0.317. The third-order valence-corrected chi connectivity index (χ3v) is 3.55. The number of nitrogens with zero attached hydrogens (tertiary/aromatic N) is 1. The van der Waals surface area contributed by atoms with Crippen LogP contribution in [0.4, 0.5) is 0 Å². The molecule has 0 aliphatic heterocycles. The van der Waals surface area contributed by atoms with Crippen molar-refractivity contribution in [3.8, 4) is 0 Å². The third kappa shape index (κ3) is 5.83. The Hall–Kier alpha value is -0.560. The highest BCUT2D eigenvalue weighted by molar-refractivity contribution is 14.0. The molecule has 110 valence electrons. The standard InChI is InChI=1S/C15H20BrN3.HI/c1-2-17-15(19-14-5-3-4-6-14)18-11-12-7-9-13(16)10-8-12;/h3-4,7-10,14H,2,5-6,11H2,1H3,(H2,17,18,19);1H. The van der Waals surface area contributed by atoms with Gasteiger partial charge in [-0.1, -0.05) is 40.2 Å². The Bertz CT molecular complexity index is 449. The van der Waals surface area contributed by atoms with Crippen molar-refractivity contribution in [2.45, 2.75) is 32.4 Å². The van der Waals surface area contributed by atoms with Crippen molar-refractivity contribution in [3.05, 3.63) is 46.5 Å². The van der Waals surface area contributed by atoms with Gasteiger partial charge in [0, 0.05) is 17.1 Å². The normalized spacial score (nSPS) is 15.0. The lowest BCUT2D eigenvalue weighted by Crippen LogP contribution is -2.42.